The van der Waals surface area contributed by atoms with Gasteiger partial charge in [-0.1, -0.05) is 6.07 Å². The Morgan fingerprint density at radius 1 is 1.56 bits per heavy atom. The molecule has 18 heavy (non-hydrogen) atoms. The quantitative estimate of drug-likeness (QED) is 0.872. The molecule has 0 saturated carbocycles. The monoisotopic (exact) mass is 254 g/mol. The molecule has 1 aromatic rings. The third-order valence-electron chi connectivity index (χ3n) is 3.34. The second-order valence-electron chi connectivity index (χ2n) is 4.52. The smallest absolute Gasteiger partial charge is 0.303 e. The minimum absolute atomic E-state index is 0.0526. The molecule has 1 N–H and O–H groups in total. The summed E-state index contributed by atoms with van der Waals surface area (Å²) in [5.41, 5.74) is 0.402. The van der Waals surface area contributed by atoms with Crippen molar-refractivity contribution in [2.45, 2.75) is 18.3 Å². The van der Waals surface area contributed by atoms with Crippen LogP contribution < -0.4 is 4.74 Å². The van der Waals surface area contributed by atoms with E-state index < -0.39 is 11.8 Å². The highest BCUT2D eigenvalue weighted by atomic mass is 19.1. The Morgan fingerprint density at radius 3 is 2.72 bits per heavy atom. The SMILES string of the molecule is COc1ccc(C2(CCC(=O)O)COC2)cc1F. The lowest BCUT2D eigenvalue weighted by Crippen LogP contribution is -2.47. The molecule has 98 valence electrons. The van der Waals surface area contributed by atoms with Crippen LogP contribution in [0.15, 0.2) is 18.2 Å². The summed E-state index contributed by atoms with van der Waals surface area (Å²) in [4.78, 5) is 10.6. The van der Waals surface area contributed by atoms with Crippen molar-refractivity contribution in [1.82, 2.24) is 0 Å². The lowest BCUT2D eigenvalue weighted by molar-refractivity contribution is -0.139. The number of ether oxygens (including phenoxy) is 2. The summed E-state index contributed by atoms with van der Waals surface area (Å²) in [6.07, 6.45) is 0.505. The van der Waals surface area contributed by atoms with Crippen molar-refractivity contribution in [3.05, 3.63) is 29.6 Å². The zero-order valence-corrected chi connectivity index (χ0v) is 10.1. The molecule has 1 saturated heterocycles. The number of halogens is 1. The molecule has 1 aliphatic rings. The second kappa shape index (κ2) is 4.94. The van der Waals surface area contributed by atoms with E-state index in [0.717, 1.165) is 5.56 Å². The van der Waals surface area contributed by atoms with Gasteiger partial charge in [0.15, 0.2) is 11.6 Å². The van der Waals surface area contributed by atoms with Crippen LogP contribution in [-0.2, 0) is 14.9 Å². The Hall–Kier alpha value is -1.62. The van der Waals surface area contributed by atoms with E-state index in [9.17, 15) is 9.18 Å². The van der Waals surface area contributed by atoms with Crippen molar-refractivity contribution < 1.29 is 23.8 Å². The van der Waals surface area contributed by atoms with Gasteiger partial charge in [-0.25, -0.2) is 4.39 Å². The van der Waals surface area contributed by atoms with E-state index in [1.807, 2.05) is 0 Å². The molecule has 1 heterocycles. The highest BCUT2D eigenvalue weighted by Gasteiger charge is 2.40. The Labute approximate surface area is 104 Å². The first-order valence-electron chi connectivity index (χ1n) is 5.71. The summed E-state index contributed by atoms with van der Waals surface area (Å²) in [7, 11) is 1.41. The van der Waals surface area contributed by atoms with Gasteiger partial charge < -0.3 is 14.6 Å². The van der Waals surface area contributed by atoms with Gasteiger partial charge in [-0.3, -0.25) is 4.79 Å². The highest BCUT2D eigenvalue weighted by Crippen LogP contribution is 2.38. The Kier molecular flexibility index (Phi) is 3.52. The third-order valence-corrected chi connectivity index (χ3v) is 3.34. The maximum Gasteiger partial charge on any atom is 0.303 e. The molecule has 0 bridgehead atoms. The van der Waals surface area contributed by atoms with Gasteiger partial charge in [-0.15, -0.1) is 0 Å². The van der Waals surface area contributed by atoms with Gasteiger partial charge in [0.2, 0.25) is 0 Å². The molecule has 0 atom stereocenters. The van der Waals surface area contributed by atoms with Gasteiger partial charge >= 0.3 is 5.97 Å². The number of aliphatic carboxylic acids is 1. The predicted molar refractivity (Wildman–Crippen MR) is 62.3 cm³/mol. The molecule has 1 aromatic carbocycles. The zero-order chi connectivity index (χ0) is 13.2. The van der Waals surface area contributed by atoms with Crippen LogP contribution in [-0.4, -0.2) is 31.4 Å². The molecule has 4 nitrogen and oxygen atoms in total. The van der Waals surface area contributed by atoms with Gasteiger partial charge in [0.05, 0.1) is 20.3 Å². The maximum absolute atomic E-state index is 13.7. The lowest BCUT2D eigenvalue weighted by Gasteiger charge is -2.42. The molecule has 0 aromatic heterocycles. The Bertz CT molecular complexity index is 454. The summed E-state index contributed by atoms with van der Waals surface area (Å²) in [6, 6.07) is 4.74. The first-order chi connectivity index (χ1) is 8.57. The fraction of sp³-hybridized carbons (Fsp3) is 0.462. The molecule has 0 radical (unpaired) electrons. The number of hydrogen-bond acceptors (Lipinski definition) is 3. The summed E-state index contributed by atoms with van der Waals surface area (Å²) < 4.78 is 23.7. The van der Waals surface area contributed by atoms with E-state index in [1.165, 1.54) is 13.2 Å². The zero-order valence-electron chi connectivity index (χ0n) is 10.1. The number of carboxylic acid groups (broad SMARTS) is 1. The minimum atomic E-state index is -0.852. The summed E-state index contributed by atoms with van der Waals surface area (Å²) >= 11 is 0. The highest BCUT2D eigenvalue weighted by molar-refractivity contribution is 5.67. The van der Waals surface area contributed by atoms with Gasteiger partial charge in [-0.05, 0) is 24.1 Å². The first-order valence-corrected chi connectivity index (χ1v) is 5.71. The van der Waals surface area contributed by atoms with Crippen molar-refractivity contribution >= 4 is 5.97 Å². The van der Waals surface area contributed by atoms with Crippen LogP contribution in [0.4, 0.5) is 4.39 Å². The van der Waals surface area contributed by atoms with Gasteiger partial charge in [0.1, 0.15) is 0 Å². The van der Waals surface area contributed by atoms with Gasteiger partial charge in [-0.2, -0.15) is 0 Å². The van der Waals surface area contributed by atoms with E-state index in [4.69, 9.17) is 14.6 Å². The van der Waals surface area contributed by atoms with Crippen LogP contribution in [0.2, 0.25) is 0 Å². The third kappa shape index (κ3) is 2.31. The molecular formula is C13H15FO4. The number of carbonyl (C=O) groups is 1. The van der Waals surface area contributed by atoms with Crippen molar-refractivity contribution in [1.29, 1.82) is 0 Å². The molecule has 5 heteroatoms. The number of rotatable bonds is 5. The van der Waals surface area contributed by atoms with Crippen molar-refractivity contribution in [3.63, 3.8) is 0 Å². The fourth-order valence-electron chi connectivity index (χ4n) is 2.15. The molecule has 1 fully saturated rings. The fourth-order valence-corrected chi connectivity index (χ4v) is 2.15. The average Bonchev–Trinajstić information content (AvgIpc) is 2.27. The normalized spacial score (nSPS) is 17.0. The Morgan fingerprint density at radius 2 is 2.28 bits per heavy atom. The molecule has 1 aliphatic heterocycles. The van der Waals surface area contributed by atoms with Crippen LogP contribution >= 0.6 is 0 Å². The van der Waals surface area contributed by atoms with Crippen LogP contribution in [0, 0.1) is 5.82 Å². The maximum atomic E-state index is 13.7. The van der Waals surface area contributed by atoms with E-state index in [0.29, 0.717) is 19.6 Å². The molecule has 0 aliphatic carbocycles. The topological polar surface area (TPSA) is 55.8 Å². The summed E-state index contributed by atoms with van der Waals surface area (Å²) in [5, 5.41) is 8.75. The van der Waals surface area contributed by atoms with E-state index in [1.54, 1.807) is 12.1 Å². The summed E-state index contributed by atoms with van der Waals surface area (Å²) in [6.45, 7) is 0.873. The molecule has 0 unspecified atom stereocenters. The minimum Gasteiger partial charge on any atom is -0.494 e. The van der Waals surface area contributed by atoms with Crippen LogP contribution in [0.1, 0.15) is 18.4 Å². The second-order valence-corrected chi connectivity index (χ2v) is 4.52. The molecule has 2 rings (SSSR count). The number of hydrogen-bond donors (Lipinski definition) is 1. The number of carboxylic acids is 1. The van der Waals surface area contributed by atoms with E-state index >= 15 is 0 Å². The number of benzene rings is 1. The van der Waals surface area contributed by atoms with Crippen molar-refractivity contribution in [2.24, 2.45) is 0 Å². The van der Waals surface area contributed by atoms with Gasteiger partial charge in [0.25, 0.3) is 0 Å². The molecule has 0 amide bonds. The van der Waals surface area contributed by atoms with Crippen LogP contribution in [0.3, 0.4) is 0 Å². The lowest BCUT2D eigenvalue weighted by atomic mass is 9.75. The van der Waals surface area contributed by atoms with Crippen molar-refractivity contribution in [2.75, 3.05) is 20.3 Å². The molecular weight excluding hydrogens is 239 g/mol. The standard InChI is InChI=1S/C13H15FO4/c1-17-11-3-2-9(6-10(11)14)13(7-18-8-13)5-4-12(15)16/h2-3,6H,4-5,7-8H2,1H3,(H,15,16). The van der Waals surface area contributed by atoms with Crippen LogP contribution in [0.25, 0.3) is 0 Å². The predicted octanol–water partition coefficient (Wildman–Crippen LogP) is 1.97. The Balaban J connectivity index is 2.22. The van der Waals surface area contributed by atoms with E-state index in [-0.39, 0.29) is 17.6 Å². The van der Waals surface area contributed by atoms with E-state index in [2.05, 4.69) is 0 Å². The summed E-state index contributed by atoms with van der Waals surface area (Å²) in [5.74, 6) is -1.10. The number of methoxy groups -OCH3 is 1. The average molecular weight is 254 g/mol. The first kappa shape index (κ1) is 12.8. The van der Waals surface area contributed by atoms with Crippen LogP contribution in [0.5, 0.6) is 5.75 Å². The van der Waals surface area contributed by atoms with Crippen molar-refractivity contribution in [3.8, 4) is 5.75 Å². The molecule has 0 spiro atoms. The van der Waals surface area contributed by atoms with Gasteiger partial charge in [0, 0.05) is 11.8 Å². The largest absolute Gasteiger partial charge is 0.494 e.